The Bertz CT molecular complexity index is 593. The third-order valence-corrected chi connectivity index (χ3v) is 5.94. The van der Waals surface area contributed by atoms with Crippen molar-refractivity contribution in [3.05, 3.63) is 11.7 Å². The first-order chi connectivity index (χ1) is 12.2. The van der Waals surface area contributed by atoms with Crippen molar-refractivity contribution in [2.24, 2.45) is 0 Å². The first-order valence-electron chi connectivity index (χ1n) is 9.62. The van der Waals surface area contributed by atoms with E-state index in [1.807, 2.05) is 4.90 Å². The van der Waals surface area contributed by atoms with Crippen LogP contribution in [0.3, 0.4) is 0 Å². The van der Waals surface area contributed by atoms with Crippen molar-refractivity contribution in [2.75, 3.05) is 26.7 Å². The maximum Gasteiger partial charge on any atom is 0.240 e. The number of amides is 1. The zero-order valence-corrected chi connectivity index (χ0v) is 15.0. The normalized spacial score (nSPS) is 28.3. The summed E-state index contributed by atoms with van der Waals surface area (Å²) in [4.78, 5) is 21.6. The van der Waals surface area contributed by atoms with Gasteiger partial charge in [-0.1, -0.05) is 18.0 Å². The van der Waals surface area contributed by atoms with Crippen LogP contribution in [-0.4, -0.2) is 64.7 Å². The van der Waals surface area contributed by atoms with E-state index < -0.39 is 0 Å². The van der Waals surface area contributed by atoms with Crippen molar-refractivity contribution in [3.63, 3.8) is 0 Å². The minimum atomic E-state index is -0.134. The van der Waals surface area contributed by atoms with Gasteiger partial charge in [0.1, 0.15) is 0 Å². The topological polar surface area (TPSA) is 71.7 Å². The molecule has 0 radical (unpaired) electrons. The number of aromatic nitrogens is 2. The van der Waals surface area contributed by atoms with Crippen LogP contribution in [0.2, 0.25) is 0 Å². The highest BCUT2D eigenvalue weighted by Crippen LogP contribution is 2.32. The van der Waals surface area contributed by atoms with Gasteiger partial charge in [0.25, 0.3) is 0 Å². The van der Waals surface area contributed by atoms with E-state index in [9.17, 15) is 4.79 Å². The summed E-state index contributed by atoms with van der Waals surface area (Å²) in [6.45, 7) is 3.03. The van der Waals surface area contributed by atoms with Crippen LogP contribution in [-0.2, 0) is 16.1 Å². The molecule has 3 heterocycles. The number of hydrogen-bond donors (Lipinski definition) is 0. The minimum absolute atomic E-state index is 0.0915. The van der Waals surface area contributed by atoms with Crippen molar-refractivity contribution < 1.29 is 14.1 Å². The van der Waals surface area contributed by atoms with Crippen molar-refractivity contribution in [2.45, 2.75) is 69.6 Å². The summed E-state index contributed by atoms with van der Waals surface area (Å²) in [6.07, 6.45) is 7.88. The summed E-state index contributed by atoms with van der Waals surface area (Å²) < 4.78 is 11.0. The van der Waals surface area contributed by atoms with Crippen LogP contribution in [0.5, 0.6) is 0 Å². The van der Waals surface area contributed by atoms with E-state index in [4.69, 9.17) is 9.26 Å². The summed E-state index contributed by atoms with van der Waals surface area (Å²) in [5.41, 5.74) is 0. The fraction of sp³-hybridized carbons (Fsp3) is 0.833. The Balaban J connectivity index is 1.44. The Morgan fingerprint density at radius 2 is 2.00 bits per heavy atom. The summed E-state index contributed by atoms with van der Waals surface area (Å²) in [6, 6.07) is -0.134. The van der Waals surface area contributed by atoms with Gasteiger partial charge in [-0.3, -0.25) is 9.69 Å². The Kier molecular flexibility index (Phi) is 5.03. The summed E-state index contributed by atoms with van der Waals surface area (Å²) in [5, 5.41) is 4.19. The number of ether oxygens (including phenoxy) is 1. The van der Waals surface area contributed by atoms with Gasteiger partial charge in [0, 0.05) is 32.7 Å². The highest BCUT2D eigenvalue weighted by Gasteiger charge is 2.40. The molecule has 2 atom stereocenters. The molecule has 4 rings (SSSR count). The predicted octanol–water partition coefficient (Wildman–Crippen LogP) is 1.94. The maximum atomic E-state index is 12.9. The lowest BCUT2D eigenvalue weighted by atomic mass is 10.1. The molecular weight excluding hydrogens is 320 g/mol. The van der Waals surface area contributed by atoms with Crippen LogP contribution >= 0.6 is 0 Å². The smallest absolute Gasteiger partial charge is 0.240 e. The molecule has 2 aliphatic heterocycles. The van der Waals surface area contributed by atoms with Gasteiger partial charge in [-0.05, 0) is 32.1 Å². The summed E-state index contributed by atoms with van der Waals surface area (Å²) in [7, 11) is 1.72. The van der Waals surface area contributed by atoms with Crippen LogP contribution < -0.4 is 0 Å². The maximum absolute atomic E-state index is 12.9. The minimum Gasteiger partial charge on any atom is -0.380 e. The summed E-state index contributed by atoms with van der Waals surface area (Å²) in [5.74, 6) is 2.15. The van der Waals surface area contributed by atoms with Crippen molar-refractivity contribution in [1.29, 1.82) is 0 Å². The highest BCUT2D eigenvalue weighted by atomic mass is 16.5. The first kappa shape index (κ1) is 17.0. The fourth-order valence-electron chi connectivity index (χ4n) is 4.47. The van der Waals surface area contributed by atoms with Gasteiger partial charge in [0.15, 0.2) is 5.82 Å². The standard InChI is InChI=1S/C18H28N4O3/c1-24-14-10-15(18(23)21-8-4-5-9-21)22(11-14)12-16-19-17(20-25-16)13-6-2-3-7-13/h13-15H,2-12H2,1H3/t14-,15-/m0/s1. The molecule has 3 fully saturated rings. The van der Waals surface area contributed by atoms with Crippen LogP contribution in [0.4, 0.5) is 0 Å². The quantitative estimate of drug-likeness (QED) is 0.810. The van der Waals surface area contributed by atoms with E-state index in [1.54, 1.807) is 7.11 Å². The number of methoxy groups -OCH3 is 1. The molecule has 25 heavy (non-hydrogen) atoms. The van der Waals surface area contributed by atoms with Gasteiger partial charge >= 0.3 is 0 Å². The fourth-order valence-corrected chi connectivity index (χ4v) is 4.47. The van der Waals surface area contributed by atoms with Crippen molar-refractivity contribution >= 4 is 5.91 Å². The molecular formula is C18H28N4O3. The van der Waals surface area contributed by atoms with Crippen LogP contribution in [0.15, 0.2) is 4.52 Å². The average molecular weight is 348 g/mol. The first-order valence-corrected chi connectivity index (χ1v) is 9.62. The van der Waals surface area contributed by atoms with Gasteiger partial charge in [0.05, 0.1) is 18.7 Å². The van der Waals surface area contributed by atoms with E-state index in [2.05, 4.69) is 15.0 Å². The number of carbonyl (C=O) groups is 1. The third kappa shape index (κ3) is 3.58. The number of carbonyl (C=O) groups excluding carboxylic acids is 1. The van der Waals surface area contributed by atoms with E-state index in [-0.39, 0.29) is 18.1 Å². The zero-order chi connectivity index (χ0) is 17.2. The molecule has 0 spiro atoms. The van der Waals surface area contributed by atoms with Crippen molar-refractivity contribution in [3.8, 4) is 0 Å². The van der Waals surface area contributed by atoms with Gasteiger partial charge in [-0.2, -0.15) is 4.98 Å². The molecule has 3 aliphatic rings. The molecule has 2 saturated heterocycles. The molecule has 138 valence electrons. The molecule has 1 saturated carbocycles. The van der Waals surface area contributed by atoms with Gasteiger partial charge in [0.2, 0.25) is 11.8 Å². The number of nitrogens with zero attached hydrogens (tertiary/aromatic N) is 4. The molecule has 0 N–H and O–H groups in total. The largest absolute Gasteiger partial charge is 0.380 e. The van der Waals surface area contributed by atoms with E-state index in [0.717, 1.165) is 57.6 Å². The number of hydrogen-bond acceptors (Lipinski definition) is 6. The zero-order valence-electron chi connectivity index (χ0n) is 15.0. The van der Waals surface area contributed by atoms with Gasteiger partial charge < -0.3 is 14.2 Å². The molecule has 7 nitrogen and oxygen atoms in total. The Morgan fingerprint density at radius 3 is 2.72 bits per heavy atom. The molecule has 0 bridgehead atoms. The summed E-state index contributed by atoms with van der Waals surface area (Å²) >= 11 is 0. The Hall–Kier alpha value is -1.47. The van der Waals surface area contributed by atoms with E-state index in [0.29, 0.717) is 18.4 Å². The molecule has 1 aromatic rings. The number of rotatable bonds is 5. The third-order valence-electron chi connectivity index (χ3n) is 5.94. The molecule has 0 aromatic carbocycles. The predicted molar refractivity (Wildman–Crippen MR) is 90.9 cm³/mol. The molecule has 7 heteroatoms. The van der Waals surface area contributed by atoms with Gasteiger partial charge in [-0.25, -0.2) is 0 Å². The van der Waals surface area contributed by atoms with Crippen LogP contribution in [0.25, 0.3) is 0 Å². The molecule has 1 aromatic heterocycles. The molecule has 0 unspecified atom stereocenters. The van der Waals surface area contributed by atoms with Crippen LogP contribution in [0, 0.1) is 0 Å². The lowest BCUT2D eigenvalue weighted by Crippen LogP contribution is -2.44. The second kappa shape index (κ2) is 7.41. The highest BCUT2D eigenvalue weighted by molar-refractivity contribution is 5.82. The second-order valence-corrected chi connectivity index (χ2v) is 7.60. The Labute approximate surface area is 148 Å². The van der Waals surface area contributed by atoms with Crippen molar-refractivity contribution in [1.82, 2.24) is 19.9 Å². The number of likely N-dealkylation sites (tertiary alicyclic amines) is 2. The van der Waals surface area contributed by atoms with Gasteiger partial charge in [-0.15, -0.1) is 0 Å². The van der Waals surface area contributed by atoms with E-state index >= 15 is 0 Å². The SMILES string of the molecule is CO[C@H]1C[C@@H](C(=O)N2CCCC2)N(Cc2nc(C3CCCC3)no2)C1. The lowest BCUT2D eigenvalue weighted by molar-refractivity contribution is -0.135. The Morgan fingerprint density at radius 1 is 1.24 bits per heavy atom. The van der Waals surface area contributed by atoms with Crippen LogP contribution in [0.1, 0.15) is 62.6 Å². The monoisotopic (exact) mass is 348 g/mol. The average Bonchev–Trinajstić information content (AvgIpc) is 3.39. The lowest BCUT2D eigenvalue weighted by Gasteiger charge is -2.26. The molecule has 1 aliphatic carbocycles. The second-order valence-electron chi connectivity index (χ2n) is 7.60. The molecule has 1 amide bonds. The van der Waals surface area contributed by atoms with E-state index in [1.165, 1.54) is 12.8 Å².